The molecule has 0 bridgehead atoms. The summed E-state index contributed by atoms with van der Waals surface area (Å²) in [5.41, 5.74) is 0.787. The molecule has 0 N–H and O–H groups in total. The van der Waals surface area contributed by atoms with Crippen LogP contribution in [0, 0.1) is 5.82 Å². The Morgan fingerprint density at radius 3 is 2.55 bits per heavy atom. The average molecular weight is 394 g/mol. The third-order valence-electron chi connectivity index (χ3n) is 4.88. The van der Waals surface area contributed by atoms with E-state index < -0.39 is 24.2 Å². The molecular weight excluding hydrogens is 375 g/mol. The Morgan fingerprint density at radius 2 is 1.83 bits per heavy atom. The van der Waals surface area contributed by atoms with Gasteiger partial charge in [-0.25, -0.2) is 9.37 Å². The third kappa shape index (κ3) is 4.23. The molecule has 3 aromatic rings. The molecule has 1 aromatic heterocycles. The second kappa shape index (κ2) is 7.95. The van der Waals surface area contributed by atoms with Crippen LogP contribution in [0.1, 0.15) is 41.5 Å². The second-order valence-corrected chi connectivity index (χ2v) is 7.04. The summed E-state index contributed by atoms with van der Waals surface area (Å²) in [7, 11) is 0. The number of fused-ring (bicyclic) bond motifs is 1. The number of hydrogen-bond acceptors (Lipinski definition) is 5. The smallest absolute Gasteiger partial charge is 0.306 e. The van der Waals surface area contributed by atoms with Crippen molar-refractivity contribution in [1.29, 1.82) is 0 Å². The summed E-state index contributed by atoms with van der Waals surface area (Å²) < 4.78 is 19.6. The molecular formula is C22H19FN2O4. The number of hydrogen-bond donors (Lipinski definition) is 0. The standard InChI is InChI=1S/C22H19FN2O4/c23-15-7-5-14(6-8-15)19(26)13-29-21(27)12-11-20-24-18-4-2-1-3-17(18)22(28)25(20)16-9-10-16/h1-8,16H,9-13H2. The maximum atomic E-state index is 12.9. The number of esters is 1. The van der Waals surface area contributed by atoms with Gasteiger partial charge in [-0.3, -0.25) is 19.0 Å². The van der Waals surface area contributed by atoms with Crippen LogP contribution in [-0.4, -0.2) is 27.9 Å². The number of aryl methyl sites for hydroxylation is 1. The largest absolute Gasteiger partial charge is 0.457 e. The van der Waals surface area contributed by atoms with Crippen molar-refractivity contribution in [3.05, 3.63) is 76.1 Å². The summed E-state index contributed by atoms with van der Waals surface area (Å²) in [6.45, 7) is -0.412. The number of nitrogens with zero attached hydrogens (tertiary/aromatic N) is 2. The van der Waals surface area contributed by atoms with Gasteiger partial charge in [-0.05, 0) is 49.2 Å². The van der Waals surface area contributed by atoms with Crippen LogP contribution >= 0.6 is 0 Å². The van der Waals surface area contributed by atoms with E-state index in [0.29, 0.717) is 16.7 Å². The van der Waals surface area contributed by atoms with Crippen molar-refractivity contribution in [3.8, 4) is 0 Å². The molecule has 0 aliphatic heterocycles. The van der Waals surface area contributed by atoms with E-state index in [9.17, 15) is 18.8 Å². The zero-order valence-corrected chi connectivity index (χ0v) is 15.6. The highest BCUT2D eigenvalue weighted by Gasteiger charge is 2.28. The quantitative estimate of drug-likeness (QED) is 0.454. The van der Waals surface area contributed by atoms with E-state index in [2.05, 4.69) is 4.98 Å². The van der Waals surface area contributed by atoms with Gasteiger partial charge < -0.3 is 4.74 Å². The van der Waals surface area contributed by atoms with Gasteiger partial charge in [0.25, 0.3) is 5.56 Å². The molecule has 1 saturated carbocycles. The molecule has 2 aromatic carbocycles. The molecule has 0 radical (unpaired) electrons. The van der Waals surface area contributed by atoms with E-state index in [4.69, 9.17) is 4.74 Å². The topological polar surface area (TPSA) is 78.3 Å². The number of benzene rings is 2. The SMILES string of the molecule is O=C(CCc1nc2ccccc2c(=O)n1C1CC1)OCC(=O)c1ccc(F)cc1. The Labute approximate surface area is 165 Å². The number of ether oxygens (including phenoxy) is 1. The number of ketones is 1. The van der Waals surface area contributed by atoms with E-state index in [1.807, 2.05) is 6.07 Å². The molecule has 0 atom stereocenters. The Kier molecular flexibility index (Phi) is 5.20. The van der Waals surface area contributed by atoms with Crippen LogP contribution < -0.4 is 5.56 Å². The summed E-state index contributed by atoms with van der Waals surface area (Å²) >= 11 is 0. The van der Waals surface area contributed by atoms with Crippen LogP contribution in [0.4, 0.5) is 4.39 Å². The Balaban J connectivity index is 1.42. The average Bonchev–Trinajstić information content (AvgIpc) is 3.56. The Hall–Kier alpha value is -3.35. The fourth-order valence-electron chi connectivity index (χ4n) is 3.23. The number of aromatic nitrogens is 2. The van der Waals surface area contributed by atoms with Crippen LogP contribution in [0.3, 0.4) is 0 Å². The van der Waals surface area contributed by atoms with Crippen molar-refractivity contribution in [2.24, 2.45) is 0 Å². The molecule has 1 heterocycles. The molecule has 1 fully saturated rings. The number of carbonyl (C=O) groups excluding carboxylic acids is 2. The summed E-state index contributed by atoms with van der Waals surface area (Å²) in [4.78, 5) is 41.5. The molecule has 0 saturated heterocycles. The van der Waals surface area contributed by atoms with Gasteiger partial charge in [0.2, 0.25) is 0 Å². The highest BCUT2D eigenvalue weighted by atomic mass is 19.1. The highest BCUT2D eigenvalue weighted by molar-refractivity contribution is 5.97. The predicted molar refractivity (Wildman–Crippen MR) is 104 cm³/mol. The van der Waals surface area contributed by atoms with Crippen LogP contribution in [0.2, 0.25) is 0 Å². The van der Waals surface area contributed by atoms with E-state index in [1.165, 1.54) is 24.3 Å². The second-order valence-electron chi connectivity index (χ2n) is 7.04. The van der Waals surface area contributed by atoms with E-state index >= 15 is 0 Å². The van der Waals surface area contributed by atoms with Gasteiger partial charge in [0.1, 0.15) is 11.6 Å². The van der Waals surface area contributed by atoms with E-state index in [0.717, 1.165) is 12.8 Å². The number of Topliss-reactive ketones (excluding diaryl/α,β-unsaturated/α-hetero) is 1. The van der Waals surface area contributed by atoms with Gasteiger partial charge in [-0.15, -0.1) is 0 Å². The van der Waals surface area contributed by atoms with Gasteiger partial charge in [-0.2, -0.15) is 0 Å². The first-order valence-corrected chi connectivity index (χ1v) is 9.47. The fraction of sp³-hybridized carbons (Fsp3) is 0.273. The molecule has 148 valence electrons. The minimum Gasteiger partial charge on any atom is -0.457 e. The Morgan fingerprint density at radius 1 is 1.10 bits per heavy atom. The molecule has 0 unspecified atom stereocenters. The van der Waals surface area contributed by atoms with Crippen LogP contribution in [-0.2, 0) is 16.0 Å². The third-order valence-corrected chi connectivity index (χ3v) is 4.88. The van der Waals surface area contributed by atoms with Crippen molar-refractivity contribution >= 4 is 22.7 Å². The lowest BCUT2D eigenvalue weighted by molar-refractivity contribution is -0.142. The van der Waals surface area contributed by atoms with Crippen molar-refractivity contribution in [2.75, 3.05) is 6.61 Å². The summed E-state index contributed by atoms with van der Waals surface area (Å²) in [5.74, 6) is -0.844. The molecule has 0 spiro atoms. The lowest BCUT2D eigenvalue weighted by Crippen LogP contribution is -2.25. The molecule has 0 amide bonds. The summed E-state index contributed by atoms with van der Waals surface area (Å²) in [6.07, 6.45) is 2.10. The molecule has 6 nitrogen and oxygen atoms in total. The first-order chi connectivity index (χ1) is 14.0. The van der Waals surface area contributed by atoms with Crippen molar-refractivity contribution < 1.29 is 18.7 Å². The number of halogens is 1. The lowest BCUT2D eigenvalue weighted by atomic mass is 10.1. The monoisotopic (exact) mass is 394 g/mol. The van der Waals surface area contributed by atoms with Crippen molar-refractivity contribution in [3.63, 3.8) is 0 Å². The van der Waals surface area contributed by atoms with Crippen LogP contribution in [0.15, 0.2) is 53.3 Å². The maximum Gasteiger partial charge on any atom is 0.306 e. The number of carbonyl (C=O) groups is 2. The minimum absolute atomic E-state index is 0.00813. The van der Waals surface area contributed by atoms with Gasteiger partial charge in [-0.1, -0.05) is 12.1 Å². The maximum absolute atomic E-state index is 12.9. The van der Waals surface area contributed by atoms with Gasteiger partial charge in [0.05, 0.1) is 17.3 Å². The number of rotatable bonds is 7. The zero-order chi connectivity index (χ0) is 20.4. The normalized spacial score (nSPS) is 13.4. The first-order valence-electron chi connectivity index (χ1n) is 9.47. The Bertz CT molecular complexity index is 1130. The fourth-order valence-corrected chi connectivity index (χ4v) is 3.23. The molecule has 1 aliphatic carbocycles. The van der Waals surface area contributed by atoms with Crippen LogP contribution in [0.25, 0.3) is 10.9 Å². The van der Waals surface area contributed by atoms with Gasteiger partial charge >= 0.3 is 5.97 Å². The first kappa shape index (κ1) is 19.0. The molecule has 29 heavy (non-hydrogen) atoms. The van der Waals surface area contributed by atoms with Gasteiger partial charge in [0, 0.05) is 18.0 Å². The lowest BCUT2D eigenvalue weighted by Gasteiger charge is -2.12. The number of para-hydroxylation sites is 1. The molecule has 7 heteroatoms. The predicted octanol–water partition coefficient (Wildman–Crippen LogP) is 3.23. The summed E-state index contributed by atoms with van der Waals surface area (Å²) in [6, 6.07) is 12.3. The van der Waals surface area contributed by atoms with Crippen molar-refractivity contribution in [2.45, 2.75) is 31.7 Å². The van der Waals surface area contributed by atoms with E-state index in [-0.39, 0.29) is 30.0 Å². The van der Waals surface area contributed by atoms with Crippen molar-refractivity contribution in [1.82, 2.24) is 9.55 Å². The minimum atomic E-state index is -0.551. The van der Waals surface area contributed by atoms with E-state index in [1.54, 1.807) is 22.8 Å². The summed E-state index contributed by atoms with van der Waals surface area (Å²) in [5, 5.41) is 0.565. The highest BCUT2D eigenvalue weighted by Crippen LogP contribution is 2.34. The molecule has 1 aliphatic rings. The van der Waals surface area contributed by atoms with Gasteiger partial charge in [0.15, 0.2) is 12.4 Å². The molecule has 4 rings (SSSR count). The zero-order valence-electron chi connectivity index (χ0n) is 15.6. The van der Waals surface area contributed by atoms with Crippen LogP contribution in [0.5, 0.6) is 0 Å².